The fourth-order valence-electron chi connectivity index (χ4n) is 2.38. The first-order valence-electron chi connectivity index (χ1n) is 6.65. The Morgan fingerprint density at radius 2 is 1.71 bits per heavy atom. The van der Waals surface area contributed by atoms with Crippen LogP contribution in [0.15, 0.2) is 18.2 Å². The van der Waals surface area contributed by atoms with E-state index >= 15 is 0 Å². The summed E-state index contributed by atoms with van der Waals surface area (Å²) in [6.45, 7) is 2.32. The standard InChI is InChI=1S/C14H16Cl2N2O3/c15-11-6-10(7-12(16)8-11)14(21)18-3-1-2-17(4-5-18)9-13(19)20/h6-8H,1-5,9H2,(H,19,20). The number of nitrogens with zero attached hydrogens (tertiary/aromatic N) is 2. The van der Waals surface area contributed by atoms with E-state index in [9.17, 15) is 9.59 Å². The van der Waals surface area contributed by atoms with Gasteiger partial charge in [-0.1, -0.05) is 23.2 Å². The predicted octanol–water partition coefficient (Wildman–Crippen LogP) is 2.23. The SMILES string of the molecule is O=C(O)CN1CCCN(C(=O)c2cc(Cl)cc(Cl)c2)CC1. The summed E-state index contributed by atoms with van der Waals surface area (Å²) in [6, 6.07) is 4.77. The Labute approximate surface area is 133 Å². The van der Waals surface area contributed by atoms with Gasteiger partial charge in [0.2, 0.25) is 0 Å². The van der Waals surface area contributed by atoms with Crippen LogP contribution in [0.1, 0.15) is 16.8 Å². The molecule has 114 valence electrons. The molecule has 1 aromatic rings. The van der Waals surface area contributed by atoms with Crippen LogP contribution in [0.25, 0.3) is 0 Å². The summed E-state index contributed by atoms with van der Waals surface area (Å²) in [6.07, 6.45) is 0.743. The largest absolute Gasteiger partial charge is 0.480 e. The van der Waals surface area contributed by atoms with Crippen molar-refractivity contribution in [3.63, 3.8) is 0 Å². The molecular formula is C14H16Cl2N2O3. The zero-order valence-electron chi connectivity index (χ0n) is 11.4. The number of carbonyl (C=O) groups is 2. The highest BCUT2D eigenvalue weighted by Crippen LogP contribution is 2.20. The normalized spacial score (nSPS) is 16.6. The van der Waals surface area contributed by atoms with E-state index in [1.165, 1.54) is 0 Å². The fraction of sp³-hybridized carbons (Fsp3) is 0.429. The van der Waals surface area contributed by atoms with E-state index in [2.05, 4.69) is 0 Å². The lowest BCUT2D eigenvalue weighted by atomic mass is 10.2. The van der Waals surface area contributed by atoms with E-state index in [0.29, 0.717) is 41.8 Å². The van der Waals surface area contributed by atoms with E-state index in [1.807, 2.05) is 4.90 Å². The van der Waals surface area contributed by atoms with Crippen LogP contribution in [0.2, 0.25) is 10.0 Å². The third-order valence-corrected chi connectivity index (χ3v) is 3.78. The van der Waals surface area contributed by atoms with Crippen LogP contribution in [0.3, 0.4) is 0 Å². The van der Waals surface area contributed by atoms with Crippen molar-refractivity contribution >= 4 is 35.1 Å². The van der Waals surface area contributed by atoms with Crippen molar-refractivity contribution in [3.8, 4) is 0 Å². The minimum absolute atomic E-state index is 0.00498. The molecule has 7 heteroatoms. The smallest absolute Gasteiger partial charge is 0.317 e. The zero-order chi connectivity index (χ0) is 15.4. The molecule has 0 aromatic heterocycles. The van der Waals surface area contributed by atoms with Gasteiger partial charge in [-0.15, -0.1) is 0 Å². The predicted molar refractivity (Wildman–Crippen MR) is 81.1 cm³/mol. The van der Waals surface area contributed by atoms with Gasteiger partial charge < -0.3 is 10.0 Å². The molecule has 1 aliphatic heterocycles. The first-order valence-corrected chi connectivity index (χ1v) is 7.41. The van der Waals surface area contributed by atoms with Crippen molar-refractivity contribution < 1.29 is 14.7 Å². The van der Waals surface area contributed by atoms with Crippen LogP contribution in [-0.4, -0.2) is 59.5 Å². The van der Waals surface area contributed by atoms with Gasteiger partial charge in [0.1, 0.15) is 0 Å². The Hall–Kier alpha value is -1.30. The number of carbonyl (C=O) groups excluding carboxylic acids is 1. The monoisotopic (exact) mass is 330 g/mol. The minimum atomic E-state index is -0.851. The quantitative estimate of drug-likeness (QED) is 0.923. The van der Waals surface area contributed by atoms with Crippen molar-refractivity contribution in [3.05, 3.63) is 33.8 Å². The molecule has 5 nitrogen and oxygen atoms in total. The second kappa shape index (κ2) is 7.11. The Kier molecular flexibility index (Phi) is 5.45. The lowest BCUT2D eigenvalue weighted by Crippen LogP contribution is -2.36. The summed E-state index contributed by atoms with van der Waals surface area (Å²) in [7, 11) is 0. The van der Waals surface area contributed by atoms with E-state index < -0.39 is 5.97 Å². The maximum atomic E-state index is 12.5. The van der Waals surface area contributed by atoms with Gasteiger partial charge >= 0.3 is 5.97 Å². The maximum absolute atomic E-state index is 12.5. The van der Waals surface area contributed by atoms with Gasteiger partial charge in [0.25, 0.3) is 5.91 Å². The maximum Gasteiger partial charge on any atom is 0.317 e. The molecule has 1 saturated heterocycles. The Morgan fingerprint density at radius 1 is 1.05 bits per heavy atom. The summed E-state index contributed by atoms with van der Waals surface area (Å²) in [4.78, 5) is 26.7. The molecular weight excluding hydrogens is 315 g/mol. The molecule has 0 unspecified atom stereocenters. The molecule has 1 aromatic carbocycles. The number of benzene rings is 1. The van der Waals surface area contributed by atoms with Crippen LogP contribution in [-0.2, 0) is 4.79 Å². The van der Waals surface area contributed by atoms with Gasteiger partial charge in [-0.2, -0.15) is 0 Å². The van der Waals surface area contributed by atoms with Gasteiger partial charge in [-0.3, -0.25) is 14.5 Å². The number of hydrogen-bond acceptors (Lipinski definition) is 3. The van der Waals surface area contributed by atoms with Crippen molar-refractivity contribution in [2.24, 2.45) is 0 Å². The average Bonchev–Trinajstić information content (AvgIpc) is 2.61. The molecule has 1 fully saturated rings. The van der Waals surface area contributed by atoms with Crippen molar-refractivity contribution in [1.82, 2.24) is 9.80 Å². The second-order valence-electron chi connectivity index (χ2n) is 4.97. The molecule has 0 saturated carbocycles. The summed E-state index contributed by atoms with van der Waals surface area (Å²) in [5.41, 5.74) is 0.458. The van der Waals surface area contributed by atoms with E-state index in [0.717, 1.165) is 6.42 Å². The number of carboxylic acids is 1. The number of aliphatic carboxylic acids is 1. The molecule has 0 bridgehead atoms. The molecule has 0 spiro atoms. The summed E-state index contributed by atoms with van der Waals surface area (Å²) >= 11 is 11.8. The second-order valence-corrected chi connectivity index (χ2v) is 5.85. The molecule has 0 atom stereocenters. The van der Waals surface area contributed by atoms with Gasteiger partial charge in [-0.05, 0) is 24.6 Å². The summed E-state index contributed by atoms with van der Waals surface area (Å²) in [5, 5.41) is 9.67. The molecule has 0 radical (unpaired) electrons. The number of halogens is 2. The summed E-state index contributed by atoms with van der Waals surface area (Å²) in [5.74, 6) is -0.979. The Balaban J connectivity index is 2.04. The van der Waals surface area contributed by atoms with Crippen LogP contribution in [0.4, 0.5) is 0 Å². The van der Waals surface area contributed by atoms with Gasteiger partial charge in [0.15, 0.2) is 0 Å². The van der Waals surface area contributed by atoms with Crippen molar-refractivity contribution in [1.29, 1.82) is 0 Å². The van der Waals surface area contributed by atoms with Crippen LogP contribution in [0.5, 0.6) is 0 Å². The highest BCUT2D eigenvalue weighted by atomic mass is 35.5. The topological polar surface area (TPSA) is 60.9 Å². The van der Waals surface area contributed by atoms with Crippen LogP contribution < -0.4 is 0 Å². The molecule has 1 aliphatic rings. The van der Waals surface area contributed by atoms with Crippen molar-refractivity contribution in [2.45, 2.75) is 6.42 Å². The molecule has 21 heavy (non-hydrogen) atoms. The molecule has 1 heterocycles. The third-order valence-electron chi connectivity index (χ3n) is 3.34. The first-order chi connectivity index (χ1) is 9.95. The average molecular weight is 331 g/mol. The number of carboxylic acid groups (broad SMARTS) is 1. The van der Waals surface area contributed by atoms with E-state index in [-0.39, 0.29) is 12.5 Å². The molecule has 0 aliphatic carbocycles. The fourth-order valence-corrected chi connectivity index (χ4v) is 2.91. The van der Waals surface area contributed by atoms with Crippen molar-refractivity contribution in [2.75, 3.05) is 32.7 Å². The Morgan fingerprint density at radius 3 is 2.33 bits per heavy atom. The van der Waals surface area contributed by atoms with Gasteiger partial charge in [0.05, 0.1) is 6.54 Å². The number of hydrogen-bond donors (Lipinski definition) is 1. The van der Waals surface area contributed by atoms with Gasteiger partial charge in [0, 0.05) is 41.8 Å². The molecule has 1 amide bonds. The third kappa shape index (κ3) is 4.59. The molecule has 1 N–H and O–H groups in total. The van der Waals surface area contributed by atoms with Crippen LogP contribution in [0, 0.1) is 0 Å². The summed E-state index contributed by atoms with van der Waals surface area (Å²) < 4.78 is 0. The highest BCUT2D eigenvalue weighted by Gasteiger charge is 2.21. The Bertz CT molecular complexity index is 531. The van der Waals surface area contributed by atoms with Gasteiger partial charge in [-0.25, -0.2) is 0 Å². The van der Waals surface area contributed by atoms with E-state index in [1.54, 1.807) is 23.1 Å². The minimum Gasteiger partial charge on any atom is -0.480 e. The van der Waals surface area contributed by atoms with Crippen LogP contribution >= 0.6 is 23.2 Å². The molecule has 2 rings (SSSR count). The number of amides is 1. The lowest BCUT2D eigenvalue weighted by Gasteiger charge is -2.21. The number of rotatable bonds is 3. The van der Waals surface area contributed by atoms with E-state index in [4.69, 9.17) is 28.3 Å². The first kappa shape index (κ1) is 16.1. The zero-order valence-corrected chi connectivity index (χ0v) is 12.9. The lowest BCUT2D eigenvalue weighted by molar-refractivity contribution is -0.138. The highest BCUT2D eigenvalue weighted by molar-refractivity contribution is 6.35.